The number of hydrogen-bond donors (Lipinski definition) is 0. The molecule has 1 aliphatic rings. The standard InChI is InChI=1S/C23H20ClF3N4O2/c24-18-6-4-16(5-7-18)20-8-9-21(32)31(28-20)15-22(33)30-12-10-29(11-13-30)19-3-1-2-17(14-19)23(25,26)27/h1-9,14H,10-13,15H2. The summed E-state index contributed by atoms with van der Waals surface area (Å²) in [6.07, 6.45) is -4.41. The lowest BCUT2D eigenvalue weighted by molar-refractivity contribution is -0.137. The molecule has 33 heavy (non-hydrogen) atoms. The Morgan fingerprint density at radius 3 is 2.33 bits per heavy atom. The predicted octanol–water partition coefficient (Wildman–Crippen LogP) is 3.93. The molecule has 0 bridgehead atoms. The van der Waals surface area contributed by atoms with Crippen LogP contribution in [0, 0.1) is 0 Å². The minimum Gasteiger partial charge on any atom is -0.368 e. The Balaban J connectivity index is 1.41. The highest BCUT2D eigenvalue weighted by molar-refractivity contribution is 6.30. The number of carbonyl (C=O) groups excluding carboxylic acids is 1. The van der Waals surface area contributed by atoms with Crippen molar-refractivity contribution in [2.24, 2.45) is 0 Å². The lowest BCUT2D eigenvalue weighted by atomic mass is 10.1. The third kappa shape index (κ3) is 5.36. The molecular weight excluding hydrogens is 457 g/mol. The van der Waals surface area contributed by atoms with Gasteiger partial charge >= 0.3 is 6.18 Å². The van der Waals surface area contributed by atoms with Crippen molar-refractivity contribution in [2.45, 2.75) is 12.7 Å². The largest absolute Gasteiger partial charge is 0.416 e. The third-order valence-electron chi connectivity index (χ3n) is 5.46. The second-order valence-electron chi connectivity index (χ2n) is 7.64. The van der Waals surface area contributed by atoms with E-state index in [1.54, 1.807) is 41.3 Å². The molecule has 0 saturated carbocycles. The first-order valence-electron chi connectivity index (χ1n) is 10.2. The number of anilines is 1. The SMILES string of the molecule is O=C(Cn1nc(-c2ccc(Cl)cc2)ccc1=O)N1CCN(c2cccc(C(F)(F)F)c2)CC1. The summed E-state index contributed by atoms with van der Waals surface area (Å²) in [6.45, 7) is 1.23. The number of halogens is 4. The molecule has 1 amide bonds. The Morgan fingerprint density at radius 1 is 0.970 bits per heavy atom. The number of alkyl halides is 3. The maximum Gasteiger partial charge on any atom is 0.416 e. The summed E-state index contributed by atoms with van der Waals surface area (Å²) in [5, 5.41) is 4.87. The van der Waals surface area contributed by atoms with Crippen molar-refractivity contribution >= 4 is 23.2 Å². The van der Waals surface area contributed by atoms with E-state index in [1.165, 1.54) is 12.1 Å². The lowest BCUT2D eigenvalue weighted by Gasteiger charge is -2.36. The van der Waals surface area contributed by atoms with Crippen LogP contribution < -0.4 is 10.5 Å². The van der Waals surface area contributed by atoms with Crippen LogP contribution in [0.3, 0.4) is 0 Å². The highest BCUT2D eigenvalue weighted by Crippen LogP contribution is 2.31. The van der Waals surface area contributed by atoms with Crippen LogP contribution in [0.25, 0.3) is 11.3 Å². The highest BCUT2D eigenvalue weighted by atomic mass is 35.5. The van der Waals surface area contributed by atoms with Crippen LogP contribution in [-0.2, 0) is 17.5 Å². The van der Waals surface area contributed by atoms with Crippen LogP contribution in [-0.4, -0.2) is 46.8 Å². The average Bonchev–Trinajstić information content (AvgIpc) is 2.81. The number of benzene rings is 2. The van der Waals surface area contributed by atoms with E-state index in [0.29, 0.717) is 42.6 Å². The van der Waals surface area contributed by atoms with Crippen molar-refractivity contribution in [1.82, 2.24) is 14.7 Å². The van der Waals surface area contributed by atoms with E-state index < -0.39 is 17.3 Å². The summed E-state index contributed by atoms with van der Waals surface area (Å²) < 4.78 is 40.1. The van der Waals surface area contributed by atoms with Crippen molar-refractivity contribution < 1.29 is 18.0 Å². The molecule has 0 radical (unpaired) electrons. The van der Waals surface area contributed by atoms with Crippen LogP contribution in [0.15, 0.2) is 65.5 Å². The highest BCUT2D eigenvalue weighted by Gasteiger charge is 2.31. The van der Waals surface area contributed by atoms with Crippen molar-refractivity contribution in [1.29, 1.82) is 0 Å². The lowest BCUT2D eigenvalue weighted by Crippen LogP contribution is -2.50. The molecule has 0 atom stereocenters. The van der Waals surface area contributed by atoms with Gasteiger partial charge in [0, 0.05) is 48.5 Å². The number of amides is 1. The zero-order valence-corrected chi connectivity index (χ0v) is 18.2. The van der Waals surface area contributed by atoms with Crippen molar-refractivity contribution in [3.05, 3.63) is 81.6 Å². The van der Waals surface area contributed by atoms with Gasteiger partial charge < -0.3 is 9.80 Å². The molecule has 1 aliphatic heterocycles. The van der Waals surface area contributed by atoms with Gasteiger partial charge in [-0.2, -0.15) is 18.3 Å². The molecule has 0 unspecified atom stereocenters. The summed E-state index contributed by atoms with van der Waals surface area (Å²) in [7, 11) is 0. The third-order valence-corrected chi connectivity index (χ3v) is 5.71. The fourth-order valence-corrected chi connectivity index (χ4v) is 3.78. The summed E-state index contributed by atoms with van der Waals surface area (Å²) in [5.74, 6) is -0.276. The summed E-state index contributed by atoms with van der Waals surface area (Å²) >= 11 is 5.91. The molecule has 6 nitrogen and oxygen atoms in total. The smallest absolute Gasteiger partial charge is 0.368 e. The molecule has 1 saturated heterocycles. The van der Waals surface area contributed by atoms with Crippen LogP contribution in [0.5, 0.6) is 0 Å². The molecule has 2 heterocycles. The van der Waals surface area contributed by atoms with Gasteiger partial charge in [0.25, 0.3) is 5.56 Å². The van der Waals surface area contributed by atoms with Crippen LogP contribution in [0.1, 0.15) is 5.56 Å². The van der Waals surface area contributed by atoms with Crippen molar-refractivity contribution in [3.8, 4) is 11.3 Å². The normalized spacial score (nSPS) is 14.4. The van der Waals surface area contributed by atoms with Crippen molar-refractivity contribution in [3.63, 3.8) is 0 Å². The second-order valence-corrected chi connectivity index (χ2v) is 8.07. The molecule has 2 aromatic carbocycles. The zero-order valence-electron chi connectivity index (χ0n) is 17.4. The van der Waals surface area contributed by atoms with Gasteiger partial charge in [0.1, 0.15) is 6.54 Å². The molecule has 172 valence electrons. The first-order chi connectivity index (χ1) is 15.7. The molecule has 1 aromatic heterocycles. The first kappa shape index (κ1) is 22.8. The van der Waals surface area contributed by atoms with E-state index in [9.17, 15) is 22.8 Å². The van der Waals surface area contributed by atoms with Crippen LogP contribution >= 0.6 is 11.6 Å². The number of aromatic nitrogens is 2. The minimum atomic E-state index is -4.41. The maximum absolute atomic E-state index is 13.0. The Bertz CT molecular complexity index is 1200. The van der Waals surface area contributed by atoms with Gasteiger partial charge in [-0.3, -0.25) is 9.59 Å². The van der Waals surface area contributed by atoms with Crippen LogP contribution in [0.2, 0.25) is 5.02 Å². The Labute approximate surface area is 192 Å². The van der Waals surface area contributed by atoms with Gasteiger partial charge in [0.15, 0.2) is 0 Å². The molecule has 0 aliphatic carbocycles. The Kier molecular flexibility index (Phi) is 6.42. The number of hydrogen-bond acceptors (Lipinski definition) is 4. The van der Waals surface area contributed by atoms with Crippen LogP contribution in [0.4, 0.5) is 18.9 Å². The van der Waals surface area contributed by atoms with Gasteiger partial charge in [0.05, 0.1) is 11.3 Å². The summed E-state index contributed by atoms with van der Waals surface area (Å²) in [6, 6.07) is 15.1. The number of piperazine rings is 1. The minimum absolute atomic E-state index is 0.218. The average molecular weight is 477 g/mol. The maximum atomic E-state index is 13.0. The van der Waals surface area contributed by atoms with E-state index in [1.807, 2.05) is 4.90 Å². The molecule has 3 aromatic rings. The monoisotopic (exact) mass is 476 g/mol. The quantitative estimate of drug-likeness (QED) is 0.572. The van der Waals surface area contributed by atoms with E-state index in [2.05, 4.69) is 5.10 Å². The molecule has 10 heteroatoms. The predicted molar refractivity (Wildman–Crippen MR) is 119 cm³/mol. The van der Waals surface area contributed by atoms with Gasteiger partial charge in [-0.25, -0.2) is 4.68 Å². The van der Waals surface area contributed by atoms with Crippen molar-refractivity contribution in [2.75, 3.05) is 31.1 Å². The van der Waals surface area contributed by atoms with Gasteiger partial charge in [-0.15, -0.1) is 0 Å². The fourth-order valence-electron chi connectivity index (χ4n) is 3.66. The van der Waals surface area contributed by atoms with E-state index in [0.717, 1.165) is 22.4 Å². The van der Waals surface area contributed by atoms with E-state index >= 15 is 0 Å². The first-order valence-corrected chi connectivity index (χ1v) is 10.6. The molecule has 0 N–H and O–H groups in total. The van der Waals surface area contributed by atoms with Gasteiger partial charge in [-0.1, -0.05) is 29.8 Å². The topological polar surface area (TPSA) is 58.4 Å². The Hall–Kier alpha value is -3.33. The van der Waals surface area contributed by atoms with Gasteiger partial charge in [0.2, 0.25) is 5.91 Å². The molecule has 0 spiro atoms. The molecular formula is C23H20ClF3N4O2. The number of rotatable bonds is 4. The summed E-state index contributed by atoms with van der Waals surface area (Å²) in [4.78, 5) is 28.4. The number of nitrogens with zero attached hydrogens (tertiary/aromatic N) is 4. The molecule has 4 rings (SSSR count). The molecule has 1 fully saturated rings. The van der Waals surface area contributed by atoms with E-state index in [-0.39, 0.29) is 12.5 Å². The zero-order chi connectivity index (χ0) is 23.6. The summed E-state index contributed by atoms with van der Waals surface area (Å²) in [5.41, 5.74) is 0.655. The van der Waals surface area contributed by atoms with E-state index in [4.69, 9.17) is 11.6 Å². The Morgan fingerprint density at radius 2 is 1.67 bits per heavy atom. The fraction of sp³-hybridized carbons (Fsp3) is 0.261. The second kappa shape index (κ2) is 9.27. The van der Waals surface area contributed by atoms with Gasteiger partial charge in [-0.05, 0) is 36.4 Å². The number of carbonyl (C=O) groups is 1.